The summed E-state index contributed by atoms with van der Waals surface area (Å²) in [6.07, 6.45) is 6.28. The van der Waals surface area contributed by atoms with E-state index in [2.05, 4.69) is 27.8 Å². The zero-order valence-corrected chi connectivity index (χ0v) is 23.9. The summed E-state index contributed by atoms with van der Waals surface area (Å²) in [5, 5.41) is 15.9. The summed E-state index contributed by atoms with van der Waals surface area (Å²) in [6.45, 7) is 3.28. The number of ether oxygens (including phenoxy) is 1. The van der Waals surface area contributed by atoms with E-state index in [1.165, 1.54) is 18.7 Å². The molecular weight excluding hydrogens is 532 g/mol. The number of fused-ring (bicyclic) bond motifs is 1. The number of hydrogen-bond donors (Lipinski definition) is 3. The Bertz CT molecular complexity index is 1210. The van der Waals surface area contributed by atoms with Gasteiger partial charge in [0.05, 0.1) is 17.7 Å². The number of pyridine rings is 2. The highest BCUT2D eigenvalue weighted by Gasteiger charge is 2.53. The lowest BCUT2D eigenvalue weighted by Crippen LogP contribution is -2.48. The number of halogens is 2. The second-order valence-electron chi connectivity index (χ2n) is 11.1. The van der Waals surface area contributed by atoms with Gasteiger partial charge in [0.15, 0.2) is 0 Å². The maximum Gasteiger partial charge on any atom is 0.326 e. The van der Waals surface area contributed by atoms with Crippen molar-refractivity contribution in [2.75, 3.05) is 45.3 Å². The van der Waals surface area contributed by atoms with Crippen LogP contribution in [0.25, 0.3) is 0 Å². The van der Waals surface area contributed by atoms with Gasteiger partial charge in [0, 0.05) is 38.1 Å². The van der Waals surface area contributed by atoms with Gasteiger partial charge in [0.25, 0.3) is 0 Å². The van der Waals surface area contributed by atoms with Crippen LogP contribution in [0.4, 0.5) is 14.6 Å². The number of alkyl halides is 1. The molecular formula is C30H41F2N5O4. The fourth-order valence-electron chi connectivity index (χ4n) is 5.52. The Morgan fingerprint density at radius 2 is 2.07 bits per heavy atom. The van der Waals surface area contributed by atoms with Gasteiger partial charge in [-0.3, -0.25) is 9.78 Å². The number of unbranched alkanes of at least 4 members (excludes halogenated alkanes) is 1. The molecule has 224 valence electrons. The number of methoxy groups -OCH3 is 1. The lowest BCUT2D eigenvalue weighted by Gasteiger charge is -2.27. The molecule has 9 nitrogen and oxygen atoms in total. The molecule has 0 radical (unpaired) electrons. The van der Waals surface area contributed by atoms with E-state index in [0.29, 0.717) is 43.7 Å². The van der Waals surface area contributed by atoms with E-state index in [1.54, 1.807) is 6.92 Å². The summed E-state index contributed by atoms with van der Waals surface area (Å²) in [6, 6.07) is 4.38. The summed E-state index contributed by atoms with van der Waals surface area (Å²) in [5.41, 5.74) is 2.36. The molecule has 0 saturated heterocycles. The number of carboxylic acids is 1. The minimum Gasteiger partial charge on any atom is -0.480 e. The Morgan fingerprint density at radius 1 is 1.27 bits per heavy atom. The fraction of sp³-hybridized carbons (Fsp3) is 0.600. The molecule has 2 atom stereocenters. The average molecular weight is 574 g/mol. The summed E-state index contributed by atoms with van der Waals surface area (Å²) < 4.78 is 32.6. The van der Waals surface area contributed by atoms with Crippen LogP contribution in [-0.2, 0) is 32.6 Å². The number of nitrogens with one attached hydrogen (secondary N) is 2. The Balaban J connectivity index is 1.33. The standard InChI is InChI=1S/C30H41F2N5O4/c1-20-25(16-22(32)18-34-20)30(11-12-30)29(40)36-26(28(38)39)10-15-37(19-24(17-31)41-2)14-4-3-7-23-9-8-21-6-5-13-33-27(21)35-23/h8-9,16,18,24,26H,3-7,10-15,17,19H2,1-2H3,(H,33,35)(H,36,40)(H,38,39)/t24-,26+/m1/s1. The van der Waals surface area contributed by atoms with E-state index in [0.717, 1.165) is 56.4 Å². The van der Waals surface area contributed by atoms with Crippen molar-refractivity contribution in [1.29, 1.82) is 0 Å². The maximum atomic E-state index is 13.9. The van der Waals surface area contributed by atoms with Crippen molar-refractivity contribution in [2.45, 2.75) is 75.9 Å². The SMILES string of the molecule is CO[C@H](CF)CN(CCCCc1ccc2c(n1)NCCC2)CC[C@H](NC(=O)C1(c2cc(F)cnc2C)CC1)C(=O)O. The average Bonchev–Trinajstić information content (AvgIpc) is 3.78. The molecule has 1 aliphatic carbocycles. The van der Waals surface area contributed by atoms with E-state index >= 15 is 0 Å². The lowest BCUT2D eigenvalue weighted by atomic mass is 9.93. The van der Waals surface area contributed by atoms with Gasteiger partial charge in [-0.15, -0.1) is 0 Å². The number of aliphatic carboxylic acids is 1. The van der Waals surface area contributed by atoms with Crippen LogP contribution in [-0.4, -0.2) is 84.0 Å². The third-order valence-corrected chi connectivity index (χ3v) is 8.17. The number of anilines is 1. The highest BCUT2D eigenvalue weighted by Crippen LogP contribution is 2.49. The van der Waals surface area contributed by atoms with Crippen molar-refractivity contribution >= 4 is 17.7 Å². The van der Waals surface area contributed by atoms with Crippen LogP contribution in [0.3, 0.4) is 0 Å². The zero-order chi connectivity index (χ0) is 29.4. The molecule has 1 saturated carbocycles. The van der Waals surface area contributed by atoms with Crippen molar-refractivity contribution in [2.24, 2.45) is 0 Å². The summed E-state index contributed by atoms with van der Waals surface area (Å²) in [7, 11) is 1.46. The van der Waals surface area contributed by atoms with E-state index in [4.69, 9.17) is 9.72 Å². The molecule has 2 aromatic rings. The molecule has 2 aliphatic rings. The second kappa shape index (κ2) is 14.1. The lowest BCUT2D eigenvalue weighted by molar-refractivity contribution is -0.142. The van der Waals surface area contributed by atoms with Crippen LogP contribution < -0.4 is 10.6 Å². The number of amides is 1. The van der Waals surface area contributed by atoms with Gasteiger partial charge in [-0.2, -0.15) is 0 Å². The van der Waals surface area contributed by atoms with Crippen LogP contribution in [0.15, 0.2) is 24.4 Å². The third kappa shape index (κ3) is 7.97. The smallest absolute Gasteiger partial charge is 0.326 e. The fourth-order valence-corrected chi connectivity index (χ4v) is 5.52. The number of nitrogens with zero attached hydrogens (tertiary/aromatic N) is 3. The van der Waals surface area contributed by atoms with Gasteiger partial charge in [-0.05, 0) is 88.1 Å². The molecule has 1 fully saturated rings. The molecule has 1 amide bonds. The predicted octanol–water partition coefficient (Wildman–Crippen LogP) is 3.58. The van der Waals surface area contributed by atoms with Crippen LogP contribution in [0.2, 0.25) is 0 Å². The Hall–Kier alpha value is -3.18. The molecule has 11 heteroatoms. The van der Waals surface area contributed by atoms with E-state index in [9.17, 15) is 23.5 Å². The first-order valence-electron chi connectivity index (χ1n) is 14.5. The van der Waals surface area contributed by atoms with Crippen molar-refractivity contribution in [1.82, 2.24) is 20.2 Å². The molecule has 3 N–H and O–H groups in total. The molecule has 2 aromatic heterocycles. The molecule has 4 rings (SSSR count). The van der Waals surface area contributed by atoms with E-state index in [-0.39, 0.29) is 6.42 Å². The number of carbonyl (C=O) groups is 2. The summed E-state index contributed by atoms with van der Waals surface area (Å²) in [5.74, 6) is -1.14. The van der Waals surface area contributed by atoms with Crippen molar-refractivity contribution in [3.8, 4) is 0 Å². The van der Waals surface area contributed by atoms with Crippen molar-refractivity contribution < 1.29 is 28.2 Å². The highest BCUT2D eigenvalue weighted by molar-refractivity contribution is 5.94. The van der Waals surface area contributed by atoms with Gasteiger partial charge in [-0.25, -0.2) is 18.6 Å². The van der Waals surface area contributed by atoms with Gasteiger partial charge >= 0.3 is 5.97 Å². The van der Waals surface area contributed by atoms with Gasteiger partial charge in [0.2, 0.25) is 5.91 Å². The van der Waals surface area contributed by atoms with Crippen molar-refractivity contribution in [3.63, 3.8) is 0 Å². The maximum absolute atomic E-state index is 13.9. The van der Waals surface area contributed by atoms with Gasteiger partial charge in [-0.1, -0.05) is 6.07 Å². The Kier molecular flexibility index (Phi) is 10.6. The second-order valence-corrected chi connectivity index (χ2v) is 11.1. The van der Waals surface area contributed by atoms with Crippen LogP contribution in [0.1, 0.15) is 61.0 Å². The van der Waals surface area contributed by atoms with Gasteiger partial charge in [0.1, 0.15) is 24.4 Å². The molecule has 0 unspecified atom stereocenters. The number of aromatic nitrogens is 2. The normalized spacial score (nSPS) is 16.9. The Morgan fingerprint density at radius 3 is 2.78 bits per heavy atom. The van der Waals surface area contributed by atoms with E-state index in [1.807, 2.05) is 4.90 Å². The minimum absolute atomic E-state index is 0.137. The molecule has 0 spiro atoms. The summed E-state index contributed by atoms with van der Waals surface area (Å²) in [4.78, 5) is 36.1. The topological polar surface area (TPSA) is 117 Å². The number of hydrogen-bond acceptors (Lipinski definition) is 7. The minimum atomic E-state index is -1.15. The molecule has 3 heterocycles. The van der Waals surface area contributed by atoms with Crippen LogP contribution in [0, 0.1) is 12.7 Å². The number of carbonyl (C=O) groups excluding carboxylic acids is 1. The van der Waals surface area contributed by atoms with Crippen LogP contribution in [0.5, 0.6) is 0 Å². The quantitative estimate of drug-likeness (QED) is 0.261. The molecule has 41 heavy (non-hydrogen) atoms. The number of aryl methyl sites for hydroxylation is 3. The monoisotopic (exact) mass is 573 g/mol. The first-order chi connectivity index (χ1) is 19.8. The summed E-state index contributed by atoms with van der Waals surface area (Å²) >= 11 is 0. The molecule has 1 aliphatic heterocycles. The highest BCUT2D eigenvalue weighted by atomic mass is 19.1. The first-order valence-corrected chi connectivity index (χ1v) is 14.5. The van der Waals surface area contributed by atoms with Crippen LogP contribution >= 0.6 is 0 Å². The number of rotatable bonds is 16. The third-order valence-electron chi connectivity index (χ3n) is 8.17. The van der Waals surface area contributed by atoms with Gasteiger partial charge < -0.3 is 25.4 Å². The number of carboxylic acid groups (broad SMARTS) is 1. The largest absolute Gasteiger partial charge is 0.480 e. The van der Waals surface area contributed by atoms with Crippen molar-refractivity contribution in [3.05, 3.63) is 52.7 Å². The molecule has 0 aromatic carbocycles. The predicted molar refractivity (Wildman–Crippen MR) is 151 cm³/mol. The van der Waals surface area contributed by atoms with E-state index < -0.39 is 41.9 Å². The molecule has 0 bridgehead atoms. The first kappa shape index (κ1) is 30.8. The Labute approximate surface area is 240 Å². The zero-order valence-electron chi connectivity index (χ0n) is 23.9.